The van der Waals surface area contributed by atoms with E-state index in [0.29, 0.717) is 21.8 Å². The number of hydrogen-bond donors (Lipinski definition) is 3. The van der Waals surface area contributed by atoms with E-state index in [1.165, 1.54) is 11.1 Å². The Morgan fingerprint density at radius 3 is 2.60 bits per heavy atom. The predicted octanol–water partition coefficient (Wildman–Crippen LogP) is 7.47. The number of aromatic nitrogens is 4. The minimum atomic E-state index is -0.282. The van der Waals surface area contributed by atoms with Gasteiger partial charge in [-0.05, 0) is 61.6 Å². The number of nitrogens with zero attached hydrogens (tertiary/aromatic N) is 5. The standard InChI is InChI=1S/C34H35ClN8/c1-5-29(21-10-7-6-8-11-21)40-31-23(16-36)18-38-32-26(31)14-24(15-28(32)35)39-33(30-20-43(42-41-30)34(2,3)4)25-13-9-12-22-17-37-19-27(22)25/h6-15,18,20,29,33,37,39H,5,17,19H2,1-4H3,(H,38,40)/t29-,33+/m1/s1. The smallest absolute Gasteiger partial charge is 0.110 e. The van der Waals surface area contributed by atoms with Crippen LogP contribution in [-0.2, 0) is 18.6 Å². The molecule has 2 atom stereocenters. The molecule has 0 amide bonds. The summed E-state index contributed by atoms with van der Waals surface area (Å²) in [5.74, 6) is 0. The molecular weight excluding hydrogens is 556 g/mol. The van der Waals surface area contributed by atoms with Crippen molar-refractivity contribution in [3.8, 4) is 6.07 Å². The molecule has 3 aromatic carbocycles. The van der Waals surface area contributed by atoms with Crippen LogP contribution in [0, 0.1) is 11.3 Å². The average molecular weight is 591 g/mol. The number of rotatable bonds is 8. The normalized spacial score (nSPS) is 14.2. The van der Waals surface area contributed by atoms with Crippen molar-refractivity contribution in [2.75, 3.05) is 10.6 Å². The first kappa shape index (κ1) is 28.7. The van der Waals surface area contributed by atoms with Crippen LogP contribution in [0.15, 0.2) is 73.1 Å². The van der Waals surface area contributed by atoms with E-state index in [4.69, 9.17) is 11.6 Å². The second-order valence-corrected chi connectivity index (χ2v) is 12.4. The largest absolute Gasteiger partial charge is 0.377 e. The maximum Gasteiger partial charge on any atom is 0.110 e. The maximum absolute atomic E-state index is 10.1. The summed E-state index contributed by atoms with van der Waals surface area (Å²) in [4.78, 5) is 4.58. The molecule has 218 valence electrons. The van der Waals surface area contributed by atoms with Gasteiger partial charge in [-0.2, -0.15) is 5.26 Å². The van der Waals surface area contributed by atoms with Crippen molar-refractivity contribution in [3.05, 3.63) is 112 Å². The first-order valence-electron chi connectivity index (χ1n) is 14.6. The Bertz CT molecular complexity index is 1820. The van der Waals surface area contributed by atoms with Crippen molar-refractivity contribution in [1.82, 2.24) is 25.3 Å². The first-order chi connectivity index (χ1) is 20.8. The van der Waals surface area contributed by atoms with E-state index in [2.05, 4.69) is 95.3 Å². The van der Waals surface area contributed by atoms with E-state index in [1.54, 1.807) is 6.20 Å². The summed E-state index contributed by atoms with van der Waals surface area (Å²) in [5.41, 5.74) is 8.04. The molecule has 3 N–H and O–H groups in total. The molecule has 0 aliphatic carbocycles. The fraction of sp³-hybridized carbons (Fsp3) is 0.294. The molecule has 1 aliphatic rings. The minimum Gasteiger partial charge on any atom is -0.377 e. The topological polar surface area (TPSA) is 103 Å². The third kappa shape index (κ3) is 5.66. The van der Waals surface area contributed by atoms with Gasteiger partial charge in [0.1, 0.15) is 11.8 Å². The fourth-order valence-electron chi connectivity index (χ4n) is 5.71. The van der Waals surface area contributed by atoms with Gasteiger partial charge in [0.05, 0.1) is 45.6 Å². The van der Waals surface area contributed by atoms with Crippen LogP contribution in [0.4, 0.5) is 11.4 Å². The third-order valence-corrected chi connectivity index (χ3v) is 8.30. The van der Waals surface area contributed by atoms with Gasteiger partial charge in [0.25, 0.3) is 0 Å². The average Bonchev–Trinajstić information content (AvgIpc) is 3.70. The highest BCUT2D eigenvalue weighted by molar-refractivity contribution is 6.35. The Morgan fingerprint density at radius 1 is 1.07 bits per heavy atom. The highest BCUT2D eigenvalue weighted by atomic mass is 35.5. The van der Waals surface area contributed by atoms with E-state index < -0.39 is 0 Å². The Morgan fingerprint density at radius 2 is 1.88 bits per heavy atom. The van der Waals surface area contributed by atoms with Crippen molar-refractivity contribution in [3.63, 3.8) is 0 Å². The van der Waals surface area contributed by atoms with Crippen molar-refractivity contribution >= 4 is 33.9 Å². The summed E-state index contributed by atoms with van der Waals surface area (Å²) >= 11 is 6.90. The molecule has 0 radical (unpaired) electrons. The van der Waals surface area contributed by atoms with Crippen molar-refractivity contribution in [1.29, 1.82) is 5.26 Å². The maximum atomic E-state index is 10.1. The molecule has 5 aromatic rings. The van der Waals surface area contributed by atoms with Crippen molar-refractivity contribution in [2.45, 2.75) is 64.8 Å². The number of hydrogen-bond acceptors (Lipinski definition) is 7. The number of pyridine rings is 1. The summed E-state index contributed by atoms with van der Waals surface area (Å²) in [7, 11) is 0. The number of fused-ring (bicyclic) bond motifs is 2. The van der Waals surface area contributed by atoms with Crippen LogP contribution in [-0.4, -0.2) is 20.0 Å². The highest BCUT2D eigenvalue weighted by Crippen LogP contribution is 2.38. The predicted molar refractivity (Wildman–Crippen MR) is 172 cm³/mol. The molecule has 6 rings (SSSR count). The Labute approximate surface area is 257 Å². The molecule has 0 saturated heterocycles. The van der Waals surface area contributed by atoms with Crippen LogP contribution in [0.2, 0.25) is 5.02 Å². The van der Waals surface area contributed by atoms with E-state index >= 15 is 0 Å². The zero-order chi connectivity index (χ0) is 30.1. The number of anilines is 2. The van der Waals surface area contributed by atoms with Gasteiger partial charge in [-0.3, -0.25) is 4.98 Å². The molecule has 9 heteroatoms. The highest BCUT2D eigenvalue weighted by Gasteiger charge is 2.27. The molecule has 0 fully saturated rings. The molecule has 0 saturated carbocycles. The molecule has 0 spiro atoms. The van der Waals surface area contributed by atoms with E-state index in [-0.39, 0.29) is 17.6 Å². The zero-order valence-electron chi connectivity index (χ0n) is 24.8. The molecule has 1 aliphatic heterocycles. The van der Waals surface area contributed by atoms with E-state index in [1.807, 2.05) is 41.2 Å². The molecule has 2 aromatic heterocycles. The first-order valence-corrected chi connectivity index (χ1v) is 15.0. The molecule has 8 nitrogen and oxygen atoms in total. The SMILES string of the molecule is CC[C@@H](Nc1c(C#N)cnc2c(Cl)cc(N[C@H](c3cn(C(C)(C)C)nn3)c3cccc4c3CNC4)cc12)c1ccccc1. The van der Waals surface area contributed by atoms with E-state index in [9.17, 15) is 5.26 Å². The van der Waals surface area contributed by atoms with Crippen molar-refractivity contribution in [2.24, 2.45) is 0 Å². The summed E-state index contributed by atoms with van der Waals surface area (Å²) in [6.45, 7) is 10.1. The Hall–Kier alpha value is -4.45. The van der Waals surface area contributed by atoms with Gasteiger partial charge < -0.3 is 16.0 Å². The monoisotopic (exact) mass is 590 g/mol. The number of nitrogens with one attached hydrogen (secondary N) is 3. The summed E-state index contributed by atoms with van der Waals surface area (Å²) in [6.07, 6.45) is 4.44. The van der Waals surface area contributed by atoms with E-state index in [0.717, 1.165) is 47.4 Å². The number of benzene rings is 3. The zero-order valence-corrected chi connectivity index (χ0v) is 25.6. The van der Waals surface area contributed by atoms with Crippen LogP contribution in [0.3, 0.4) is 0 Å². The van der Waals surface area contributed by atoms with Crippen LogP contribution < -0.4 is 16.0 Å². The molecule has 0 unspecified atom stereocenters. The van der Waals surface area contributed by atoms with Gasteiger partial charge in [0.15, 0.2) is 0 Å². The molecule has 3 heterocycles. The molecule has 43 heavy (non-hydrogen) atoms. The molecule has 0 bridgehead atoms. The second kappa shape index (κ2) is 11.7. The van der Waals surface area contributed by atoms with Crippen LogP contribution in [0.1, 0.15) is 79.7 Å². The van der Waals surface area contributed by atoms with Gasteiger partial charge in [0, 0.05) is 30.4 Å². The Kier molecular flexibility index (Phi) is 7.78. The lowest BCUT2D eigenvalue weighted by Gasteiger charge is -2.23. The third-order valence-electron chi connectivity index (χ3n) is 8.02. The number of halogens is 1. The van der Waals surface area contributed by atoms with Gasteiger partial charge in [-0.25, -0.2) is 4.68 Å². The van der Waals surface area contributed by atoms with Crippen molar-refractivity contribution < 1.29 is 0 Å². The lowest BCUT2D eigenvalue weighted by molar-refractivity contribution is 0.347. The lowest BCUT2D eigenvalue weighted by atomic mass is 9.95. The van der Waals surface area contributed by atoms with Gasteiger partial charge in [-0.15, -0.1) is 5.10 Å². The fourth-order valence-corrected chi connectivity index (χ4v) is 5.97. The second-order valence-electron chi connectivity index (χ2n) is 12.0. The quantitative estimate of drug-likeness (QED) is 0.172. The van der Waals surface area contributed by atoms with Gasteiger partial charge in [0.2, 0.25) is 0 Å². The van der Waals surface area contributed by atoms with Gasteiger partial charge in [-0.1, -0.05) is 72.3 Å². The van der Waals surface area contributed by atoms with Crippen LogP contribution in [0.25, 0.3) is 10.9 Å². The lowest BCUT2D eigenvalue weighted by Crippen LogP contribution is -2.22. The summed E-state index contributed by atoms with van der Waals surface area (Å²) < 4.78 is 1.89. The van der Waals surface area contributed by atoms with Crippen LogP contribution >= 0.6 is 11.6 Å². The number of nitriles is 1. The summed E-state index contributed by atoms with van der Waals surface area (Å²) in [6, 6.07) is 22.6. The minimum absolute atomic E-state index is 0.00822. The summed E-state index contributed by atoms with van der Waals surface area (Å²) in [5, 5.41) is 31.3. The Balaban J connectivity index is 1.46. The van der Waals surface area contributed by atoms with Gasteiger partial charge >= 0.3 is 0 Å². The molecular formula is C34H35ClN8. The van der Waals surface area contributed by atoms with Crippen LogP contribution in [0.5, 0.6) is 0 Å².